The van der Waals surface area contributed by atoms with Gasteiger partial charge >= 0.3 is 0 Å². The standard InChI is InChI=1S/C19H28N6O2/c1-14-13-15(2)25-19(20-14)21-17(22-25)18(26)24-7-4-16(5-8-24)3-6-23-9-11-27-12-10-23/h13,16H,3-12H2,1-2H3. The predicted molar refractivity (Wildman–Crippen MR) is 101 cm³/mol. The number of fused-ring (bicyclic) bond motifs is 1. The highest BCUT2D eigenvalue weighted by Gasteiger charge is 2.27. The molecule has 27 heavy (non-hydrogen) atoms. The second kappa shape index (κ2) is 7.90. The van der Waals surface area contributed by atoms with Crippen molar-refractivity contribution in [2.75, 3.05) is 45.9 Å². The first kappa shape index (κ1) is 18.3. The zero-order valence-corrected chi connectivity index (χ0v) is 16.2. The Morgan fingerprint density at radius 3 is 2.63 bits per heavy atom. The Labute approximate surface area is 159 Å². The summed E-state index contributed by atoms with van der Waals surface area (Å²) in [7, 11) is 0. The third kappa shape index (κ3) is 4.11. The van der Waals surface area contributed by atoms with Gasteiger partial charge in [0.15, 0.2) is 0 Å². The normalized spacial score (nSPS) is 19.7. The SMILES string of the molecule is Cc1cc(C)n2nc(C(=O)N3CCC(CCN4CCOCC4)CC3)nc2n1. The van der Waals surface area contributed by atoms with E-state index < -0.39 is 0 Å². The van der Waals surface area contributed by atoms with Crippen LogP contribution in [0.5, 0.6) is 0 Å². The fourth-order valence-electron chi connectivity index (χ4n) is 4.01. The van der Waals surface area contributed by atoms with E-state index in [-0.39, 0.29) is 11.7 Å². The molecule has 0 radical (unpaired) electrons. The van der Waals surface area contributed by atoms with E-state index in [1.807, 2.05) is 24.8 Å². The summed E-state index contributed by atoms with van der Waals surface area (Å²) in [5, 5.41) is 4.38. The van der Waals surface area contributed by atoms with Crippen LogP contribution in [0.25, 0.3) is 5.78 Å². The number of hydrogen-bond acceptors (Lipinski definition) is 6. The summed E-state index contributed by atoms with van der Waals surface area (Å²) in [4.78, 5) is 25.9. The molecule has 2 aromatic heterocycles. The average Bonchev–Trinajstić information content (AvgIpc) is 3.11. The van der Waals surface area contributed by atoms with Crippen LogP contribution in [-0.2, 0) is 4.74 Å². The molecule has 0 N–H and O–H groups in total. The molecule has 2 aromatic rings. The minimum absolute atomic E-state index is 0.0795. The minimum Gasteiger partial charge on any atom is -0.379 e. The van der Waals surface area contributed by atoms with Crippen LogP contribution in [0.3, 0.4) is 0 Å². The molecule has 4 heterocycles. The first-order chi connectivity index (χ1) is 13.1. The highest BCUT2D eigenvalue weighted by molar-refractivity contribution is 5.90. The van der Waals surface area contributed by atoms with E-state index in [1.165, 1.54) is 6.42 Å². The summed E-state index contributed by atoms with van der Waals surface area (Å²) in [6, 6.07) is 1.94. The van der Waals surface area contributed by atoms with E-state index >= 15 is 0 Å². The molecule has 1 amide bonds. The van der Waals surface area contributed by atoms with Gasteiger partial charge in [0.2, 0.25) is 5.82 Å². The number of aromatic nitrogens is 4. The highest BCUT2D eigenvalue weighted by atomic mass is 16.5. The number of ether oxygens (including phenoxy) is 1. The molecule has 8 heteroatoms. The van der Waals surface area contributed by atoms with Crippen molar-refractivity contribution in [3.63, 3.8) is 0 Å². The van der Waals surface area contributed by atoms with Crippen LogP contribution >= 0.6 is 0 Å². The number of morpholine rings is 1. The van der Waals surface area contributed by atoms with E-state index in [4.69, 9.17) is 4.74 Å². The van der Waals surface area contributed by atoms with E-state index in [9.17, 15) is 4.79 Å². The largest absolute Gasteiger partial charge is 0.379 e. The number of hydrogen-bond donors (Lipinski definition) is 0. The number of aryl methyl sites for hydroxylation is 2. The van der Waals surface area contributed by atoms with Crippen LogP contribution < -0.4 is 0 Å². The lowest BCUT2D eigenvalue weighted by Crippen LogP contribution is -2.41. The number of carbonyl (C=O) groups is 1. The van der Waals surface area contributed by atoms with Crippen LogP contribution in [0.15, 0.2) is 6.07 Å². The van der Waals surface area contributed by atoms with Gasteiger partial charge in [0, 0.05) is 37.6 Å². The van der Waals surface area contributed by atoms with E-state index in [2.05, 4.69) is 20.0 Å². The maximum absolute atomic E-state index is 12.8. The molecule has 8 nitrogen and oxygen atoms in total. The number of nitrogens with zero attached hydrogens (tertiary/aromatic N) is 6. The lowest BCUT2D eigenvalue weighted by atomic mass is 9.93. The molecule has 0 aromatic carbocycles. The van der Waals surface area contributed by atoms with E-state index in [0.29, 0.717) is 11.7 Å². The average molecular weight is 372 g/mol. The molecule has 0 bridgehead atoms. The quantitative estimate of drug-likeness (QED) is 0.806. The third-order valence-electron chi connectivity index (χ3n) is 5.67. The first-order valence-corrected chi connectivity index (χ1v) is 9.90. The Morgan fingerprint density at radius 2 is 1.89 bits per heavy atom. The molecule has 0 aliphatic carbocycles. The van der Waals surface area contributed by atoms with Crippen molar-refractivity contribution in [1.82, 2.24) is 29.4 Å². The zero-order valence-electron chi connectivity index (χ0n) is 16.2. The van der Waals surface area contributed by atoms with Gasteiger partial charge < -0.3 is 9.64 Å². The van der Waals surface area contributed by atoms with Crippen LogP contribution in [0.2, 0.25) is 0 Å². The van der Waals surface area contributed by atoms with Gasteiger partial charge in [-0.2, -0.15) is 4.98 Å². The number of amides is 1. The zero-order chi connectivity index (χ0) is 18.8. The van der Waals surface area contributed by atoms with Crippen LogP contribution in [0.4, 0.5) is 0 Å². The summed E-state index contributed by atoms with van der Waals surface area (Å²) in [6.45, 7) is 10.4. The van der Waals surface area contributed by atoms with Crippen molar-refractivity contribution in [1.29, 1.82) is 0 Å². The molecule has 146 valence electrons. The first-order valence-electron chi connectivity index (χ1n) is 9.90. The monoisotopic (exact) mass is 372 g/mol. The molecule has 0 unspecified atom stereocenters. The summed E-state index contributed by atoms with van der Waals surface area (Å²) in [6.07, 6.45) is 3.32. The van der Waals surface area contributed by atoms with Gasteiger partial charge in [0.25, 0.3) is 11.7 Å². The summed E-state index contributed by atoms with van der Waals surface area (Å²) in [5.41, 5.74) is 1.82. The third-order valence-corrected chi connectivity index (χ3v) is 5.67. The maximum atomic E-state index is 12.8. The van der Waals surface area contributed by atoms with Crippen molar-refractivity contribution < 1.29 is 9.53 Å². The molecule has 2 fully saturated rings. The van der Waals surface area contributed by atoms with E-state index in [0.717, 1.165) is 70.2 Å². The van der Waals surface area contributed by atoms with Crippen molar-refractivity contribution in [2.45, 2.75) is 33.1 Å². The van der Waals surface area contributed by atoms with Gasteiger partial charge in [-0.3, -0.25) is 9.69 Å². The van der Waals surface area contributed by atoms with Gasteiger partial charge in [-0.25, -0.2) is 9.50 Å². The smallest absolute Gasteiger partial charge is 0.293 e. The van der Waals surface area contributed by atoms with Gasteiger partial charge in [-0.15, -0.1) is 5.10 Å². The fourth-order valence-corrected chi connectivity index (χ4v) is 4.01. The summed E-state index contributed by atoms with van der Waals surface area (Å²) < 4.78 is 7.05. The lowest BCUT2D eigenvalue weighted by molar-refractivity contribution is 0.0331. The molecule has 2 saturated heterocycles. The molecule has 0 atom stereocenters. The maximum Gasteiger partial charge on any atom is 0.293 e. The molecule has 0 spiro atoms. The van der Waals surface area contributed by atoms with Crippen LogP contribution in [-0.4, -0.2) is 81.2 Å². The molecule has 2 aliphatic rings. The van der Waals surface area contributed by atoms with E-state index in [1.54, 1.807) is 4.52 Å². The Morgan fingerprint density at radius 1 is 1.15 bits per heavy atom. The Balaban J connectivity index is 1.32. The van der Waals surface area contributed by atoms with Gasteiger partial charge in [-0.1, -0.05) is 0 Å². The molecular formula is C19H28N6O2. The minimum atomic E-state index is -0.0795. The molecule has 4 rings (SSSR count). The predicted octanol–water partition coefficient (Wildman–Crippen LogP) is 1.32. The number of piperidine rings is 1. The number of rotatable bonds is 4. The summed E-state index contributed by atoms with van der Waals surface area (Å²) >= 11 is 0. The number of likely N-dealkylation sites (tertiary alicyclic amines) is 1. The lowest BCUT2D eigenvalue weighted by Gasteiger charge is -2.33. The van der Waals surface area contributed by atoms with Crippen LogP contribution in [0.1, 0.15) is 41.3 Å². The topological polar surface area (TPSA) is 75.9 Å². The molecular weight excluding hydrogens is 344 g/mol. The molecule has 0 saturated carbocycles. The van der Waals surface area contributed by atoms with Crippen LogP contribution in [0, 0.1) is 19.8 Å². The fraction of sp³-hybridized carbons (Fsp3) is 0.684. The molecule has 2 aliphatic heterocycles. The van der Waals surface area contributed by atoms with Crippen molar-refractivity contribution >= 4 is 11.7 Å². The number of carbonyl (C=O) groups excluding carboxylic acids is 1. The van der Waals surface area contributed by atoms with Gasteiger partial charge in [0.1, 0.15) is 0 Å². The van der Waals surface area contributed by atoms with Crippen molar-refractivity contribution in [3.8, 4) is 0 Å². The second-order valence-corrected chi connectivity index (χ2v) is 7.66. The van der Waals surface area contributed by atoms with Gasteiger partial charge in [-0.05, 0) is 51.6 Å². The van der Waals surface area contributed by atoms with Crippen molar-refractivity contribution in [2.24, 2.45) is 5.92 Å². The Hall–Kier alpha value is -2.06. The Bertz CT molecular complexity index is 806. The highest BCUT2D eigenvalue weighted by Crippen LogP contribution is 2.22. The summed E-state index contributed by atoms with van der Waals surface area (Å²) in [5.74, 6) is 1.36. The van der Waals surface area contributed by atoms with Gasteiger partial charge in [0.05, 0.1) is 13.2 Å². The Kier molecular flexibility index (Phi) is 5.36. The second-order valence-electron chi connectivity index (χ2n) is 7.66. The van der Waals surface area contributed by atoms with Crippen molar-refractivity contribution in [3.05, 3.63) is 23.3 Å².